The van der Waals surface area contributed by atoms with E-state index in [1.807, 2.05) is 75.4 Å². The minimum absolute atomic E-state index is 0.0914. The van der Waals surface area contributed by atoms with E-state index in [0.717, 1.165) is 33.3 Å². The first kappa shape index (κ1) is 29.5. The standard InChI is InChI=1S/C33H36ClN3O5/c1-20(2)32(39)35-19-24(38)15-17-41-25-11-6-22(7-12-25)31-30-27(28-18-23(34)8-13-29(28)36-30)14-16-37(31)33(40)42-26-9-4-21(3)5-10-26/h4-13,18,20,24,31,36,38H,14-17,19H2,1-3H3,(H,35,39). The third-order valence-electron chi connectivity index (χ3n) is 7.50. The predicted molar refractivity (Wildman–Crippen MR) is 163 cm³/mol. The molecule has 2 atom stereocenters. The normalized spacial score (nSPS) is 15.4. The summed E-state index contributed by atoms with van der Waals surface area (Å²) in [5.74, 6) is 0.916. The lowest BCUT2D eigenvalue weighted by Crippen LogP contribution is -2.42. The first-order valence-corrected chi connectivity index (χ1v) is 14.6. The molecule has 1 aliphatic rings. The Morgan fingerprint density at radius 1 is 1.07 bits per heavy atom. The zero-order chi connectivity index (χ0) is 29.8. The van der Waals surface area contributed by atoms with Crippen molar-refractivity contribution < 1.29 is 24.2 Å². The summed E-state index contributed by atoms with van der Waals surface area (Å²) in [4.78, 5) is 30.5. The van der Waals surface area contributed by atoms with Crippen LogP contribution in [0.25, 0.3) is 10.9 Å². The van der Waals surface area contributed by atoms with Gasteiger partial charge in [-0.2, -0.15) is 0 Å². The number of carbonyl (C=O) groups is 2. The average molecular weight is 590 g/mol. The number of aromatic nitrogens is 1. The van der Waals surface area contributed by atoms with Gasteiger partial charge in [-0.3, -0.25) is 9.69 Å². The van der Waals surface area contributed by atoms with Gasteiger partial charge in [-0.15, -0.1) is 0 Å². The minimum atomic E-state index is -0.698. The van der Waals surface area contributed by atoms with Crippen LogP contribution < -0.4 is 14.8 Å². The van der Waals surface area contributed by atoms with Crippen molar-refractivity contribution in [3.63, 3.8) is 0 Å². The van der Waals surface area contributed by atoms with E-state index >= 15 is 0 Å². The molecule has 0 saturated carbocycles. The van der Waals surface area contributed by atoms with Gasteiger partial charge in [0.2, 0.25) is 5.91 Å². The Hall–Kier alpha value is -4.01. The molecule has 3 N–H and O–H groups in total. The molecule has 2 amide bonds. The van der Waals surface area contributed by atoms with E-state index in [-0.39, 0.29) is 18.4 Å². The number of hydrogen-bond donors (Lipinski definition) is 3. The fourth-order valence-electron chi connectivity index (χ4n) is 5.15. The molecule has 8 nitrogen and oxygen atoms in total. The van der Waals surface area contributed by atoms with Crippen molar-refractivity contribution >= 4 is 34.5 Å². The third kappa shape index (κ3) is 6.72. The summed E-state index contributed by atoms with van der Waals surface area (Å²) in [6.07, 6.45) is -0.0834. The molecule has 0 bridgehead atoms. The van der Waals surface area contributed by atoms with Gasteiger partial charge < -0.3 is 24.9 Å². The number of ether oxygens (including phenoxy) is 2. The van der Waals surface area contributed by atoms with Crippen molar-refractivity contribution in [1.29, 1.82) is 0 Å². The lowest BCUT2D eigenvalue weighted by molar-refractivity contribution is -0.124. The highest BCUT2D eigenvalue weighted by Gasteiger charge is 2.35. The molecular weight excluding hydrogens is 554 g/mol. The predicted octanol–water partition coefficient (Wildman–Crippen LogP) is 6.18. The van der Waals surface area contributed by atoms with Crippen LogP contribution in [0.1, 0.15) is 48.7 Å². The molecule has 5 rings (SSSR count). The first-order valence-electron chi connectivity index (χ1n) is 14.2. The topological polar surface area (TPSA) is 104 Å². The van der Waals surface area contributed by atoms with Crippen LogP contribution in [0.15, 0.2) is 66.7 Å². The number of carbonyl (C=O) groups excluding carboxylic acids is 2. The SMILES string of the molecule is Cc1ccc(OC(=O)N2CCc3c([nH]c4ccc(Cl)cc34)C2c2ccc(OCCC(O)CNC(=O)C(C)C)cc2)cc1. The van der Waals surface area contributed by atoms with E-state index < -0.39 is 18.2 Å². The molecule has 220 valence electrons. The second kappa shape index (κ2) is 12.9. The lowest BCUT2D eigenvalue weighted by atomic mass is 9.92. The molecule has 0 spiro atoms. The molecule has 2 heterocycles. The van der Waals surface area contributed by atoms with Crippen molar-refractivity contribution in [3.05, 3.63) is 94.1 Å². The minimum Gasteiger partial charge on any atom is -0.493 e. The van der Waals surface area contributed by atoms with E-state index in [4.69, 9.17) is 21.1 Å². The van der Waals surface area contributed by atoms with Gasteiger partial charge in [-0.25, -0.2) is 4.79 Å². The number of hydrogen-bond acceptors (Lipinski definition) is 5. The maximum atomic E-state index is 13.5. The van der Waals surface area contributed by atoms with Crippen LogP contribution in [0.4, 0.5) is 4.79 Å². The van der Waals surface area contributed by atoms with Gasteiger partial charge in [0, 0.05) is 47.0 Å². The summed E-state index contributed by atoms with van der Waals surface area (Å²) in [7, 11) is 0. The largest absolute Gasteiger partial charge is 0.493 e. The lowest BCUT2D eigenvalue weighted by Gasteiger charge is -2.35. The molecule has 1 aromatic heterocycles. The molecule has 0 radical (unpaired) electrons. The zero-order valence-electron chi connectivity index (χ0n) is 24.0. The number of aliphatic hydroxyl groups is 1. The molecule has 0 fully saturated rings. The van der Waals surface area contributed by atoms with Crippen molar-refractivity contribution in [3.8, 4) is 11.5 Å². The van der Waals surface area contributed by atoms with E-state index in [1.165, 1.54) is 0 Å². The highest BCUT2D eigenvalue weighted by Crippen LogP contribution is 2.40. The number of aliphatic hydroxyl groups excluding tert-OH is 1. The van der Waals surface area contributed by atoms with Crippen molar-refractivity contribution in [2.75, 3.05) is 19.7 Å². The Morgan fingerprint density at radius 3 is 2.50 bits per heavy atom. The Balaban J connectivity index is 1.34. The van der Waals surface area contributed by atoms with E-state index in [1.54, 1.807) is 17.0 Å². The summed E-state index contributed by atoms with van der Waals surface area (Å²) in [6, 6.07) is 20.4. The van der Waals surface area contributed by atoms with Crippen LogP contribution in [-0.2, 0) is 11.2 Å². The summed E-state index contributed by atoms with van der Waals surface area (Å²) in [5.41, 5.74) is 5.02. The molecular formula is C33H36ClN3O5. The molecule has 0 saturated heterocycles. The van der Waals surface area contributed by atoms with Crippen LogP contribution in [0.5, 0.6) is 11.5 Å². The second-order valence-electron chi connectivity index (χ2n) is 11.0. The Kier molecular flexibility index (Phi) is 9.04. The maximum Gasteiger partial charge on any atom is 0.416 e. The summed E-state index contributed by atoms with van der Waals surface area (Å²) in [6.45, 7) is 6.56. The number of rotatable bonds is 9. The number of benzene rings is 3. The van der Waals surface area contributed by atoms with Crippen LogP contribution in [0.3, 0.4) is 0 Å². The smallest absolute Gasteiger partial charge is 0.416 e. The molecule has 4 aromatic rings. The van der Waals surface area contributed by atoms with Gasteiger partial charge in [0.05, 0.1) is 12.7 Å². The number of fused-ring (bicyclic) bond motifs is 3. The summed E-state index contributed by atoms with van der Waals surface area (Å²) < 4.78 is 11.7. The van der Waals surface area contributed by atoms with Crippen LogP contribution in [0, 0.1) is 12.8 Å². The van der Waals surface area contributed by atoms with Crippen molar-refractivity contribution in [1.82, 2.24) is 15.2 Å². The van der Waals surface area contributed by atoms with Gasteiger partial charge in [0.1, 0.15) is 17.5 Å². The van der Waals surface area contributed by atoms with Crippen LogP contribution in [-0.4, -0.2) is 52.8 Å². The van der Waals surface area contributed by atoms with E-state index in [0.29, 0.717) is 42.5 Å². The quantitative estimate of drug-likeness (QED) is 0.216. The fourth-order valence-corrected chi connectivity index (χ4v) is 5.33. The molecule has 0 aliphatic carbocycles. The highest BCUT2D eigenvalue weighted by atomic mass is 35.5. The summed E-state index contributed by atoms with van der Waals surface area (Å²) in [5, 5.41) is 14.6. The first-order chi connectivity index (χ1) is 20.2. The Labute approximate surface area is 250 Å². The molecule has 3 aromatic carbocycles. The van der Waals surface area contributed by atoms with Gasteiger partial charge in [0.15, 0.2) is 0 Å². The Bertz CT molecular complexity index is 1550. The van der Waals surface area contributed by atoms with E-state index in [9.17, 15) is 14.7 Å². The number of H-pyrrole nitrogens is 1. The van der Waals surface area contributed by atoms with Gasteiger partial charge >= 0.3 is 6.09 Å². The second-order valence-corrected chi connectivity index (χ2v) is 11.4. The molecule has 1 aliphatic heterocycles. The molecule has 42 heavy (non-hydrogen) atoms. The maximum absolute atomic E-state index is 13.5. The summed E-state index contributed by atoms with van der Waals surface area (Å²) >= 11 is 6.33. The Morgan fingerprint density at radius 2 is 1.79 bits per heavy atom. The number of nitrogens with one attached hydrogen (secondary N) is 2. The fraction of sp³-hybridized carbons (Fsp3) is 0.333. The molecule has 2 unspecified atom stereocenters. The zero-order valence-corrected chi connectivity index (χ0v) is 24.8. The van der Waals surface area contributed by atoms with Crippen LogP contribution >= 0.6 is 11.6 Å². The van der Waals surface area contributed by atoms with Gasteiger partial charge in [-0.1, -0.05) is 55.3 Å². The van der Waals surface area contributed by atoms with Crippen LogP contribution in [0.2, 0.25) is 5.02 Å². The monoisotopic (exact) mass is 589 g/mol. The number of amides is 2. The van der Waals surface area contributed by atoms with E-state index in [2.05, 4.69) is 10.3 Å². The van der Waals surface area contributed by atoms with Gasteiger partial charge in [0.25, 0.3) is 0 Å². The number of aryl methyl sites for hydroxylation is 1. The molecule has 9 heteroatoms. The highest BCUT2D eigenvalue weighted by molar-refractivity contribution is 6.31. The number of halogens is 1. The third-order valence-corrected chi connectivity index (χ3v) is 7.74. The van der Waals surface area contributed by atoms with Crippen molar-refractivity contribution in [2.24, 2.45) is 5.92 Å². The number of aromatic amines is 1. The van der Waals surface area contributed by atoms with Crippen molar-refractivity contribution in [2.45, 2.75) is 45.8 Å². The average Bonchev–Trinajstić information content (AvgIpc) is 3.34. The number of nitrogens with zero attached hydrogens (tertiary/aromatic N) is 1. The van der Waals surface area contributed by atoms with Gasteiger partial charge in [-0.05, 0) is 66.9 Å².